The number of carbonyl (C=O) groups is 1. The van der Waals surface area contributed by atoms with E-state index in [1.165, 1.54) is 11.3 Å². The smallest absolute Gasteiger partial charge is 0.305 e. The first kappa shape index (κ1) is 19.5. The molecular weight excluding hydrogens is 356 g/mol. The van der Waals surface area contributed by atoms with E-state index in [-0.39, 0.29) is 5.97 Å². The van der Waals surface area contributed by atoms with E-state index in [1.54, 1.807) is 31.7 Å². The van der Waals surface area contributed by atoms with Gasteiger partial charge >= 0.3 is 5.97 Å². The average Bonchev–Trinajstić information content (AvgIpc) is 3.04. The fourth-order valence-corrected chi connectivity index (χ4v) is 2.62. The van der Waals surface area contributed by atoms with E-state index >= 15 is 0 Å². The molecule has 0 amide bonds. The van der Waals surface area contributed by atoms with Crippen LogP contribution in [-0.2, 0) is 9.53 Å². The van der Waals surface area contributed by atoms with Crippen molar-refractivity contribution in [3.05, 3.63) is 29.1 Å². The third-order valence-electron chi connectivity index (χ3n) is 3.19. The number of ether oxygens (including phenoxy) is 3. The van der Waals surface area contributed by atoms with Crippen molar-refractivity contribution < 1.29 is 19.0 Å². The summed E-state index contributed by atoms with van der Waals surface area (Å²) in [7, 11) is 1.57. The molecule has 1 aromatic heterocycles. The normalized spacial score (nSPS) is 10.7. The maximum Gasteiger partial charge on any atom is 0.305 e. The minimum Gasteiger partial charge on any atom is -0.493 e. The zero-order chi connectivity index (χ0) is 18.8. The molecule has 0 fully saturated rings. The van der Waals surface area contributed by atoms with Crippen LogP contribution >= 0.6 is 11.3 Å². The number of rotatable bonds is 10. The van der Waals surface area contributed by atoms with E-state index in [4.69, 9.17) is 19.9 Å². The third kappa shape index (κ3) is 5.92. The SMILES string of the molecule is CCOC(=O)CCCOc1c(C=NNc2nc(N)cs2)cccc1OC. The highest BCUT2D eigenvalue weighted by Gasteiger charge is 2.10. The standard InChI is InChI=1S/C17H22N4O4S/c1-3-24-15(22)8-5-9-25-16-12(6-4-7-13(16)23-2)10-19-21-17-20-14(18)11-26-17/h4,6-7,10-11H,3,5,8-9,18H2,1-2H3,(H,20,21). The zero-order valence-corrected chi connectivity index (χ0v) is 15.5. The first-order valence-electron chi connectivity index (χ1n) is 8.09. The van der Waals surface area contributed by atoms with E-state index in [9.17, 15) is 4.79 Å². The van der Waals surface area contributed by atoms with Gasteiger partial charge in [0.15, 0.2) is 11.5 Å². The molecule has 8 nitrogen and oxygen atoms in total. The largest absolute Gasteiger partial charge is 0.493 e. The second-order valence-electron chi connectivity index (χ2n) is 5.08. The lowest BCUT2D eigenvalue weighted by Crippen LogP contribution is -2.08. The molecule has 0 atom stereocenters. The number of nitrogens with zero attached hydrogens (tertiary/aromatic N) is 2. The second kappa shape index (κ2) is 10.2. The monoisotopic (exact) mass is 378 g/mol. The Bertz CT molecular complexity index is 748. The van der Waals surface area contributed by atoms with Gasteiger partial charge in [0.05, 0.1) is 26.5 Å². The number of carbonyl (C=O) groups excluding carboxylic acids is 1. The first-order chi connectivity index (χ1) is 12.6. The highest BCUT2D eigenvalue weighted by Crippen LogP contribution is 2.30. The van der Waals surface area contributed by atoms with Crippen molar-refractivity contribution in [3.8, 4) is 11.5 Å². The number of hydrazone groups is 1. The lowest BCUT2D eigenvalue weighted by molar-refractivity contribution is -0.143. The molecule has 9 heteroatoms. The van der Waals surface area contributed by atoms with Crippen LogP contribution in [0.3, 0.4) is 0 Å². The number of methoxy groups -OCH3 is 1. The molecule has 0 radical (unpaired) electrons. The fourth-order valence-electron chi connectivity index (χ4n) is 2.07. The van der Waals surface area contributed by atoms with E-state index < -0.39 is 0 Å². The number of esters is 1. The summed E-state index contributed by atoms with van der Waals surface area (Å²) in [5.74, 6) is 1.36. The van der Waals surface area contributed by atoms with Gasteiger partial charge in [-0.3, -0.25) is 10.2 Å². The van der Waals surface area contributed by atoms with Crippen LogP contribution in [0.4, 0.5) is 10.9 Å². The molecule has 2 rings (SSSR count). The summed E-state index contributed by atoms with van der Waals surface area (Å²) in [6, 6.07) is 5.49. The Labute approximate surface area is 156 Å². The quantitative estimate of drug-likeness (QED) is 0.283. The van der Waals surface area contributed by atoms with Gasteiger partial charge in [0.1, 0.15) is 5.82 Å². The van der Waals surface area contributed by atoms with Crippen LogP contribution in [0.1, 0.15) is 25.3 Å². The first-order valence-corrected chi connectivity index (χ1v) is 8.97. The molecular formula is C17H22N4O4S. The Morgan fingerprint density at radius 3 is 3.00 bits per heavy atom. The molecule has 0 bridgehead atoms. The van der Waals surface area contributed by atoms with Gasteiger partial charge in [-0.05, 0) is 25.5 Å². The second-order valence-corrected chi connectivity index (χ2v) is 5.94. The van der Waals surface area contributed by atoms with Crippen molar-refractivity contribution >= 4 is 34.5 Å². The number of hydrogen-bond donors (Lipinski definition) is 2. The van der Waals surface area contributed by atoms with Gasteiger partial charge < -0.3 is 19.9 Å². The Hall–Kier alpha value is -2.81. The average molecular weight is 378 g/mol. The fraction of sp³-hybridized carbons (Fsp3) is 0.353. The lowest BCUT2D eigenvalue weighted by atomic mass is 10.2. The number of para-hydroxylation sites is 1. The van der Waals surface area contributed by atoms with Crippen molar-refractivity contribution in [3.63, 3.8) is 0 Å². The number of benzene rings is 1. The molecule has 1 aromatic carbocycles. The summed E-state index contributed by atoms with van der Waals surface area (Å²) in [5, 5.41) is 6.47. The summed E-state index contributed by atoms with van der Waals surface area (Å²) in [6.07, 6.45) is 2.46. The van der Waals surface area contributed by atoms with Crippen molar-refractivity contribution in [1.82, 2.24) is 4.98 Å². The zero-order valence-electron chi connectivity index (χ0n) is 14.7. The number of hydrogen-bond acceptors (Lipinski definition) is 9. The van der Waals surface area contributed by atoms with E-state index in [1.807, 2.05) is 12.1 Å². The third-order valence-corrected chi connectivity index (χ3v) is 3.96. The highest BCUT2D eigenvalue weighted by atomic mass is 32.1. The van der Waals surface area contributed by atoms with Crippen molar-refractivity contribution in [2.24, 2.45) is 5.10 Å². The number of thiazole rings is 1. The summed E-state index contributed by atoms with van der Waals surface area (Å²) in [4.78, 5) is 15.4. The predicted octanol–water partition coefficient (Wildman–Crippen LogP) is 2.90. The Morgan fingerprint density at radius 1 is 1.46 bits per heavy atom. The van der Waals surface area contributed by atoms with Crippen molar-refractivity contribution in [2.45, 2.75) is 19.8 Å². The van der Waals surface area contributed by atoms with Crippen LogP contribution in [0, 0.1) is 0 Å². The van der Waals surface area contributed by atoms with Crippen LogP contribution in [0.25, 0.3) is 0 Å². The molecule has 0 unspecified atom stereocenters. The van der Waals surface area contributed by atoms with Gasteiger partial charge in [-0.15, -0.1) is 11.3 Å². The van der Waals surface area contributed by atoms with Crippen molar-refractivity contribution in [2.75, 3.05) is 31.5 Å². The molecule has 0 spiro atoms. The predicted molar refractivity (Wildman–Crippen MR) is 102 cm³/mol. The van der Waals surface area contributed by atoms with Gasteiger partial charge in [0.25, 0.3) is 0 Å². The van der Waals surface area contributed by atoms with Gasteiger partial charge in [-0.25, -0.2) is 4.98 Å². The molecule has 0 saturated heterocycles. The Morgan fingerprint density at radius 2 is 2.31 bits per heavy atom. The van der Waals surface area contributed by atoms with Crippen LogP contribution < -0.4 is 20.6 Å². The summed E-state index contributed by atoms with van der Waals surface area (Å²) in [5.41, 5.74) is 9.12. The topological polar surface area (TPSA) is 108 Å². The minimum absolute atomic E-state index is 0.232. The molecule has 1 heterocycles. The molecule has 0 aliphatic rings. The van der Waals surface area contributed by atoms with Crippen LogP contribution in [0.15, 0.2) is 28.7 Å². The minimum atomic E-state index is -0.232. The molecule has 0 aliphatic carbocycles. The van der Waals surface area contributed by atoms with Gasteiger partial charge in [-0.2, -0.15) is 5.10 Å². The van der Waals surface area contributed by atoms with Gasteiger partial charge in [-0.1, -0.05) is 6.07 Å². The summed E-state index contributed by atoms with van der Waals surface area (Å²) < 4.78 is 16.1. The lowest BCUT2D eigenvalue weighted by Gasteiger charge is -2.13. The maximum atomic E-state index is 11.4. The molecule has 3 N–H and O–H groups in total. The van der Waals surface area contributed by atoms with Crippen LogP contribution in [0.2, 0.25) is 0 Å². The van der Waals surface area contributed by atoms with E-state index in [2.05, 4.69) is 15.5 Å². The summed E-state index contributed by atoms with van der Waals surface area (Å²) in [6.45, 7) is 2.52. The molecule has 2 aromatic rings. The van der Waals surface area contributed by atoms with Crippen LogP contribution in [-0.4, -0.2) is 37.5 Å². The number of nitrogens with one attached hydrogen (secondary N) is 1. The molecule has 26 heavy (non-hydrogen) atoms. The molecule has 0 aliphatic heterocycles. The Kier molecular flexibility index (Phi) is 7.69. The van der Waals surface area contributed by atoms with E-state index in [0.29, 0.717) is 48.5 Å². The number of anilines is 2. The summed E-state index contributed by atoms with van der Waals surface area (Å²) >= 11 is 1.36. The van der Waals surface area contributed by atoms with Gasteiger partial charge in [0.2, 0.25) is 5.13 Å². The highest BCUT2D eigenvalue weighted by molar-refractivity contribution is 7.14. The number of nitrogen functional groups attached to an aromatic ring is 1. The van der Waals surface area contributed by atoms with E-state index in [0.717, 1.165) is 5.56 Å². The Balaban J connectivity index is 1.98. The number of aromatic nitrogens is 1. The van der Waals surface area contributed by atoms with Crippen LogP contribution in [0.5, 0.6) is 11.5 Å². The molecule has 140 valence electrons. The van der Waals surface area contributed by atoms with Gasteiger partial charge in [0, 0.05) is 17.4 Å². The van der Waals surface area contributed by atoms with Crippen molar-refractivity contribution in [1.29, 1.82) is 0 Å². The molecule has 0 saturated carbocycles. The maximum absolute atomic E-state index is 11.4. The number of nitrogens with two attached hydrogens (primary N) is 1.